The molecule has 130 valence electrons. The van der Waals surface area contributed by atoms with Gasteiger partial charge in [-0.25, -0.2) is 0 Å². The zero-order valence-corrected chi connectivity index (χ0v) is 15.3. The maximum atomic E-state index is 12.3. The topological polar surface area (TPSA) is 66.9 Å². The van der Waals surface area contributed by atoms with E-state index in [0.29, 0.717) is 12.0 Å². The minimum atomic E-state index is -0.127. The van der Waals surface area contributed by atoms with Crippen molar-refractivity contribution < 1.29 is 4.79 Å². The summed E-state index contributed by atoms with van der Waals surface area (Å²) in [6.45, 7) is 11.9. The fraction of sp³-hybridized carbons (Fsp3) is 0.722. The number of rotatable bonds is 9. The van der Waals surface area contributed by atoms with Gasteiger partial charge in [0, 0.05) is 6.20 Å². The Balaban J connectivity index is 2.39. The lowest BCUT2D eigenvalue weighted by Crippen LogP contribution is -2.44. The first-order valence-corrected chi connectivity index (χ1v) is 8.60. The van der Waals surface area contributed by atoms with E-state index in [4.69, 9.17) is 0 Å². The van der Waals surface area contributed by atoms with Crippen molar-refractivity contribution in [3.05, 3.63) is 23.8 Å². The maximum absolute atomic E-state index is 12.3. The molecule has 1 heterocycles. The SMILES string of the molecule is CCNC(CCCCC(C)(C)C)C(=O)NCc1cnc(C)cn1. The Hall–Kier alpha value is -1.49. The number of carbonyl (C=O) groups excluding carboxylic acids is 1. The average Bonchev–Trinajstić information content (AvgIpc) is 2.48. The molecular weight excluding hydrogens is 288 g/mol. The molecule has 1 aromatic heterocycles. The van der Waals surface area contributed by atoms with Crippen LogP contribution in [0.1, 0.15) is 64.8 Å². The van der Waals surface area contributed by atoms with Crippen molar-refractivity contribution in [3.8, 4) is 0 Å². The van der Waals surface area contributed by atoms with Crippen LogP contribution in [0.25, 0.3) is 0 Å². The van der Waals surface area contributed by atoms with Crippen LogP contribution in [-0.4, -0.2) is 28.5 Å². The van der Waals surface area contributed by atoms with Gasteiger partial charge >= 0.3 is 0 Å². The van der Waals surface area contributed by atoms with Crippen LogP contribution in [0.2, 0.25) is 0 Å². The van der Waals surface area contributed by atoms with Gasteiger partial charge in [-0.2, -0.15) is 0 Å². The van der Waals surface area contributed by atoms with Gasteiger partial charge in [-0.3, -0.25) is 14.8 Å². The quantitative estimate of drug-likeness (QED) is 0.686. The highest BCUT2D eigenvalue weighted by Gasteiger charge is 2.17. The first-order valence-electron chi connectivity index (χ1n) is 8.60. The minimum Gasteiger partial charge on any atom is -0.349 e. The van der Waals surface area contributed by atoms with Gasteiger partial charge in [-0.05, 0) is 31.7 Å². The van der Waals surface area contributed by atoms with Crippen LogP contribution in [0.3, 0.4) is 0 Å². The van der Waals surface area contributed by atoms with Crippen molar-refractivity contribution in [1.82, 2.24) is 20.6 Å². The summed E-state index contributed by atoms with van der Waals surface area (Å²) in [7, 11) is 0. The Morgan fingerprint density at radius 3 is 2.52 bits per heavy atom. The maximum Gasteiger partial charge on any atom is 0.237 e. The minimum absolute atomic E-state index is 0.0463. The molecule has 0 saturated carbocycles. The van der Waals surface area contributed by atoms with Gasteiger partial charge < -0.3 is 10.6 Å². The van der Waals surface area contributed by atoms with Gasteiger partial charge in [0.25, 0.3) is 0 Å². The van der Waals surface area contributed by atoms with Gasteiger partial charge in [0.15, 0.2) is 0 Å². The Morgan fingerprint density at radius 1 is 1.22 bits per heavy atom. The van der Waals surface area contributed by atoms with E-state index in [2.05, 4.69) is 41.4 Å². The number of aromatic nitrogens is 2. The third-order valence-electron chi connectivity index (χ3n) is 3.71. The third-order valence-corrected chi connectivity index (χ3v) is 3.71. The van der Waals surface area contributed by atoms with E-state index >= 15 is 0 Å². The molecule has 1 rings (SSSR count). The smallest absolute Gasteiger partial charge is 0.237 e. The molecule has 1 aromatic rings. The average molecular weight is 320 g/mol. The molecule has 0 radical (unpaired) electrons. The highest BCUT2D eigenvalue weighted by Crippen LogP contribution is 2.22. The van der Waals surface area contributed by atoms with Crippen molar-refractivity contribution in [2.75, 3.05) is 6.54 Å². The van der Waals surface area contributed by atoms with E-state index in [1.54, 1.807) is 12.4 Å². The number of nitrogens with zero attached hydrogens (tertiary/aromatic N) is 2. The van der Waals surface area contributed by atoms with Crippen molar-refractivity contribution in [2.45, 2.75) is 72.9 Å². The summed E-state index contributed by atoms with van der Waals surface area (Å²) in [5.41, 5.74) is 2.02. The van der Waals surface area contributed by atoms with Crippen molar-refractivity contribution in [2.24, 2.45) is 5.41 Å². The Kier molecular flexibility index (Phi) is 8.17. The highest BCUT2D eigenvalue weighted by molar-refractivity contribution is 5.81. The number of hydrogen-bond donors (Lipinski definition) is 2. The first kappa shape index (κ1) is 19.6. The first-order chi connectivity index (χ1) is 10.8. The second-order valence-electron chi connectivity index (χ2n) is 7.28. The van der Waals surface area contributed by atoms with Crippen molar-refractivity contribution in [1.29, 1.82) is 0 Å². The Morgan fingerprint density at radius 2 is 1.96 bits per heavy atom. The Labute approximate surface area is 140 Å². The molecule has 1 amide bonds. The second-order valence-corrected chi connectivity index (χ2v) is 7.28. The van der Waals surface area contributed by atoms with E-state index in [0.717, 1.165) is 37.2 Å². The standard InChI is InChI=1S/C18H32N4O/c1-6-19-16(9-7-8-10-18(3,4)5)17(23)22-13-15-12-20-14(2)11-21-15/h11-12,16,19H,6-10,13H2,1-5H3,(H,22,23). The summed E-state index contributed by atoms with van der Waals surface area (Å²) in [5, 5.41) is 6.23. The highest BCUT2D eigenvalue weighted by atomic mass is 16.2. The molecule has 0 aliphatic rings. The van der Waals surface area contributed by atoms with Crippen LogP contribution in [0.5, 0.6) is 0 Å². The summed E-state index contributed by atoms with van der Waals surface area (Å²) in [6.07, 6.45) is 7.70. The summed E-state index contributed by atoms with van der Waals surface area (Å²) in [4.78, 5) is 20.8. The molecule has 0 aromatic carbocycles. The number of hydrogen-bond acceptors (Lipinski definition) is 4. The zero-order chi connectivity index (χ0) is 17.3. The zero-order valence-electron chi connectivity index (χ0n) is 15.3. The molecule has 0 spiro atoms. The van der Waals surface area contributed by atoms with Crippen LogP contribution in [0.15, 0.2) is 12.4 Å². The number of carbonyl (C=O) groups is 1. The molecule has 0 saturated heterocycles. The summed E-state index contributed by atoms with van der Waals surface area (Å²) >= 11 is 0. The number of nitrogens with one attached hydrogen (secondary N) is 2. The number of unbranched alkanes of at least 4 members (excludes halogenated alkanes) is 1. The predicted octanol–water partition coefficient (Wildman–Crippen LogP) is 2.99. The molecule has 1 atom stereocenters. The summed E-state index contributed by atoms with van der Waals surface area (Å²) < 4.78 is 0. The second kappa shape index (κ2) is 9.60. The lowest BCUT2D eigenvalue weighted by Gasteiger charge is -2.20. The lowest BCUT2D eigenvalue weighted by molar-refractivity contribution is -0.123. The van der Waals surface area contributed by atoms with Gasteiger partial charge in [0.1, 0.15) is 0 Å². The number of likely N-dealkylation sites (N-methyl/N-ethyl adjacent to an activating group) is 1. The molecule has 2 N–H and O–H groups in total. The van der Waals surface area contributed by atoms with Gasteiger partial charge in [-0.1, -0.05) is 40.5 Å². The lowest BCUT2D eigenvalue weighted by atomic mass is 9.89. The van der Waals surface area contributed by atoms with Crippen LogP contribution >= 0.6 is 0 Å². The summed E-state index contributed by atoms with van der Waals surface area (Å²) in [5.74, 6) is 0.0463. The fourth-order valence-electron chi connectivity index (χ4n) is 2.39. The van der Waals surface area contributed by atoms with Crippen molar-refractivity contribution in [3.63, 3.8) is 0 Å². The normalized spacial score (nSPS) is 12.9. The summed E-state index contributed by atoms with van der Waals surface area (Å²) in [6, 6.07) is -0.127. The number of amides is 1. The number of aryl methyl sites for hydroxylation is 1. The largest absolute Gasteiger partial charge is 0.349 e. The van der Waals surface area contributed by atoms with Crippen LogP contribution in [-0.2, 0) is 11.3 Å². The molecule has 5 heteroatoms. The molecular formula is C18H32N4O. The van der Waals surface area contributed by atoms with E-state index in [-0.39, 0.29) is 11.9 Å². The molecule has 23 heavy (non-hydrogen) atoms. The van der Waals surface area contributed by atoms with Crippen molar-refractivity contribution >= 4 is 5.91 Å². The molecule has 1 unspecified atom stereocenters. The van der Waals surface area contributed by atoms with E-state index in [9.17, 15) is 4.79 Å². The molecule has 0 fully saturated rings. The van der Waals surface area contributed by atoms with Gasteiger partial charge in [-0.15, -0.1) is 0 Å². The van der Waals surface area contributed by atoms with Crippen LogP contribution in [0, 0.1) is 12.3 Å². The van der Waals surface area contributed by atoms with E-state index in [1.165, 1.54) is 6.42 Å². The van der Waals surface area contributed by atoms with Gasteiger partial charge in [0.05, 0.1) is 30.2 Å². The molecule has 0 aliphatic heterocycles. The molecule has 5 nitrogen and oxygen atoms in total. The van der Waals surface area contributed by atoms with Crippen LogP contribution in [0.4, 0.5) is 0 Å². The fourth-order valence-corrected chi connectivity index (χ4v) is 2.39. The monoisotopic (exact) mass is 320 g/mol. The Bertz CT molecular complexity index is 465. The van der Waals surface area contributed by atoms with E-state index < -0.39 is 0 Å². The van der Waals surface area contributed by atoms with Gasteiger partial charge in [0.2, 0.25) is 5.91 Å². The molecule has 0 aliphatic carbocycles. The van der Waals surface area contributed by atoms with E-state index in [1.807, 2.05) is 13.8 Å². The predicted molar refractivity (Wildman–Crippen MR) is 94.0 cm³/mol. The molecule has 0 bridgehead atoms. The van der Waals surface area contributed by atoms with Crippen LogP contribution < -0.4 is 10.6 Å². The third kappa shape index (κ3) is 8.65.